The lowest BCUT2D eigenvalue weighted by Gasteiger charge is -2.20. The maximum atomic E-state index is 4.53. The molecule has 4 nitrogen and oxygen atoms in total. The molecule has 0 aromatic carbocycles. The van der Waals surface area contributed by atoms with Crippen LogP contribution in [-0.2, 0) is 6.54 Å². The van der Waals surface area contributed by atoms with Crippen molar-refractivity contribution in [2.24, 2.45) is 0 Å². The lowest BCUT2D eigenvalue weighted by Crippen LogP contribution is -2.27. The van der Waals surface area contributed by atoms with Gasteiger partial charge in [0.25, 0.3) is 0 Å². The number of nitrogens with zero attached hydrogens (tertiary/aromatic N) is 3. The average Bonchev–Trinajstić information content (AvgIpc) is 2.69. The summed E-state index contributed by atoms with van der Waals surface area (Å²) >= 11 is 0. The zero-order valence-corrected chi connectivity index (χ0v) is 13.2. The van der Waals surface area contributed by atoms with Gasteiger partial charge in [-0.05, 0) is 53.6 Å². The smallest absolute Gasteiger partial charge is 0.203 e. The highest BCUT2D eigenvalue weighted by Gasteiger charge is 2.05. The van der Waals surface area contributed by atoms with Crippen molar-refractivity contribution in [1.29, 1.82) is 0 Å². The molecule has 0 bridgehead atoms. The number of hydrogen-bond acceptors (Lipinski definition) is 3. The molecule has 1 rings (SSSR count). The fourth-order valence-corrected chi connectivity index (χ4v) is 2.04. The van der Waals surface area contributed by atoms with Gasteiger partial charge in [-0.25, -0.2) is 4.98 Å². The summed E-state index contributed by atoms with van der Waals surface area (Å²) in [6, 6.07) is 0.638. The van der Waals surface area contributed by atoms with E-state index >= 15 is 0 Å². The van der Waals surface area contributed by atoms with E-state index in [-0.39, 0.29) is 0 Å². The van der Waals surface area contributed by atoms with Gasteiger partial charge in [0.2, 0.25) is 5.95 Å². The van der Waals surface area contributed by atoms with Gasteiger partial charge in [0.15, 0.2) is 0 Å². The summed E-state index contributed by atoms with van der Waals surface area (Å²) in [5.41, 5.74) is 1.09. The molecule has 1 aromatic heterocycles. The normalized spacial score (nSPS) is 11.5. The Morgan fingerprint density at radius 1 is 1.37 bits per heavy atom. The van der Waals surface area contributed by atoms with E-state index in [0.717, 1.165) is 31.2 Å². The minimum Gasteiger partial charge on any atom is -0.356 e. The Bertz CT molecular complexity index is 357. The molecule has 19 heavy (non-hydrogen) atoms. The number of unbranched alkanes of at least 4 members (excludes halogenated alkanes) is 1. The van der Waals surface area contributed by atoms with E-state index in [9.17, 15) is 0 Å². The van der Waals surface area contributed by atoms with Crippen molar-refractivity contribution in [2.75, 3.05) is 25.5 Å². The molecule has 0 fully saturated rings. The van der Waals surface area contributed by atoms with E-state index in [1.807, 2.05) is 0 Å². The third-order valence-electron chi connectivity index (χ3n) is 3.46. The van der Waals surface area contributed by atoms with Crippen molar-refractivity contribution in [1.82, 2.24) is 14.5 Å². The molecule has 0 aliphatic carbocycles. The first-order valence-corrected chi connectivity index (χ1v) is 7.52. The average molecular weight is 266 g/mol. The number of rotatable bonds is 9. The molecule has 0 spiro atoms. The van der Waals surface area contributed by atoms with Crippen LogP contribution < -0.4 is 5.32 Å². The summed E-state index contributed by atoms with van der Waals surface area (Å²) in [6.45, 7) is 11.9. The summed E-state index contributed by atoms with van der Waals surface area (Å²) in [6.07, 6.45) is 5.69. The Labute approximate surface area is 118 Å². The Morgan fingerprint density at radius 2 is 2.11 bits per heavy atom. The molecule has 1 heterocycles. The highest BCUT2D eigenvalue weighted by molar-refractivity contribution is 5.28. The predicted octanol–water partition coefficient (Wildman–Crippen LogP) is 3.13. The maximum Gasteiger partial charge on any atom is 0.203 e. The van der Waals surface area contributed by atoms with Gasteiger partial charge in [0, 0.05) is 25.3 Å². The lowest BCUT2D eigenvalue weighted by atomic mass is 10.2. The van der Waals surface area contributed by atoms with Gasteiger partial charge in [-0.15, -0.1) is 0 Å². The van der Waals surface area contributed by atoms with Crippen LogP contribution >= 0.6 is 0 Å². The Balaban J connectivity index is 2.25. The number of anilines is 1. The monoisotopic (exact) mass is 266 g/mol. The second-order valence-electron chi connectivity index (χ2n) is 5.61. The largest absolute Gasteiger partial charge is 0.356 e. The summed E-state index contributed by atoms with van der Waals surface area (Å²) in [7, 11) is 2.19. The predicted molar refractivity (Wildman–Crippen MR) is 82.7 cm³/mol. The number of hydrogen-bond donors (Lipinski definition) is 1. The molecule has 0 unspecified atom stereocenters. The maximum absolute atomic E-state index is 4.53. The van der Waals surface area contributed by atoms with E-state index in [2.05, 4.69) is 60.7 Å². The van der Waals surface area contributed by atoms with Gasteiger partial charge in [-0.3, -0.25) is 0 Å². The summed E-state index contributed by atoms with van der Waals surface area (Å²) in [4.78, 5) is 6.92. The highest BCUT2D eigenvalue weighted by atomic mass is 15.2. The Hall–Kier alpha value is -1.03. The van der Waals surface area contributed by atoms with Gasteiger partial charge in [0.1, 0.15) is 0 Å². The molecule has 0 saturated carbocycles. The van der Waals surface area contributed by atoms with Gasteiger partial charge >= 0.3 is 0 Å². The molecule has 0 aliphatic heterocycles. The molecule has 0 atom stereocenters. The number of imidazole rings is 1. The number of aromatic nitrogens is 2. The van der Waals surface area contributed by atoms with E-state index in [1.165, 1.54) is 19.4 Å². The third kappa shape index (κ3) is 5.64. The number of aryl methyl sites for hydroxylation is 2. The van der Waals surface area contributed by atoms with Crippen LogP contribution in [0.25, 0.3) is 0 Å². The third-order valence-corrected chi connectivity index (χ3v) is 3.46. The molecular formula is C15H30N4. The first-order chi connectivity index (χ1) is 9.04. The fraction of sp³-hybridized carbons (Fsp3) is 0.800. The molecule has 0 radical (unpaired) electrons. The highest BCUT2D eigenvalue weighted by Crippen LogP contribution is 2.09. The van der Waals surface area contributed by atoms with Crippen LogP contribution in [0.1, 0.15) is 45.7 Å². The summed E-state index contributed by atoms with van der Waals surface area (Å²) in [5.74, 6) is 1.02. The van der Waals surface area contributed by atoms with Crippen LogP contribution in [0.15, 0.2) is 6.20 Å². The molecule has 4 heteroatoms. The van der Waals surface area contributed by atoms with Crippen LogP contribution in [0, 0.1) is 6.92 Å². The molecule has 1 aromatic rings. The second-order valence-corrected chi connectivity index (χ2v) is 5.61. The molecular weight excluding hydrogens is 236 g/mol. The fourth-order valence-electron chi connectivity index (χ4n) is 2.04. The Kier molecular flexibility index (Phi) is 6.92. The van der Waals surface area contributed by atoms with Gasteiger partial charge in [-0.1, -0.05) is 6.92 Å². The molecule has 110 valence electrons. The van der Waals surface area contributed by atoms with Gasteiger partial charge < -0.3 is 14.8 Å². The van der Waals surface area contributed by atoms with Crippen molar-refractivity contribution < 1.29 is 0 Å². The second kappa shape index (κ2) is 8.20. The van der Waals surface area contributed by atoms with Crippen molar-refractivity contribution in [3.05, 3.63) is 11.9 Å². The topological polar surface area (TPSA) is 33.1 Å². The van der Waals surface area contributed by atoms with Crippen LogP contribution in [-0.4, -0.2) is 40.6 Å². The van der Waals surface area contributed by atoms with E-state index in [4.69, 9.17) is 0 Å². The van der Waals surface area contributed by atoms with Crippen molar-refractivity contribution in [3.8, 4) is 0 Å². The standard InChI is InChI=1S/C15H30N4/c1-6-10-19-12-14(4)17-15(19)16-9-7-8-11-18(5)13(2)3/h12-13H,6-11H2,1-5H3,(H,16,17). The molecule has 1 N–H and O–H groups in total. The van der Waals surface area contributed by atoms with Crippen LogP contribution in [0.3, 0.4) is 0 Å². The van der Waals surface area contributed by atoms with Gasteiger partial charge in [-0.2, -0.15) is 0 Å². The molecule has 0 saturated heterocycles. The van der Waals surface area contributed by atoms with Crippen molar-refractivity contribution in [3.63, 3.8) is 0 Å². The van der Waals surface area contributed by atoms with Crippen LogP contribution in [0.2, 0.25) is 0 Å². The quantitative estimate of drug-likeness (QED) is 0.697. The number of nitrogens with one attached hydrogen (secondary N) is 1. The van der Waals surface area contributed by atoms with Crippen molar-refractivity contribution in [2.45, 2.75) is 59.5 Å². The molecule has 0 amide bonds. The van der Waals surface area contributed by atoms with Gasteiger partial charge in [0.05, 0.1) is 5.69 Å². The van der Waals surface area contributed by atoms with Crippen LogP contribution in [0.5, 0.6) is 0 Å². The summed E-state index contributed by atoms with van der Waals surface area (Å²) < 4.78 is 2.22. The zero-order chi connectivity index (χ0) is 14.3. The van der Waals surface area contributed by atoms with E-state index < -0.39 is 0 Å². The first-order valence-electron chi connectivity index (χ1n) is 7.52. The Morgan fingerprint density at radius 3 is 2.74 bits per heavy atom. The lowest BCUT2D eigenvalue weighted by molar-refractivity contribution is 0.269. The first kappa shape index (κ1) is 16.0. The minimum atomic E-state index is 0.638. The minimum absolute atomic E-state index is 0.638. The zero-order valence-electron chi connectivity index (χ0n) is 13.2. The van der Waals surface area contributed by atoms with E-state index in [1.54, 1.807) is 0 Å². The SMILES string of the molecule is CCCn1cc(C)nc1NCCCCN(C)C(C)C. The van der Waals surface area contributed by atoms with Crippen LogP contribution in [0.4, 0.5) is 5.95 Å². The summed E-state index contributed by atoms with van der Waals surface area (Å²) in [5, 5.41) is 3.46. The molecule has 0 aliphatic rings. The van der Waals surface area contributed by atoms with E-state index in [0.29, 0.717) is 6.04 Å². The van der Waals surface area contributed by atoms with Crippen molar-refractivity contribution >= 4 is 5.95 Å².